The summed E-state index contributed by atoms with van der Waals surface area (Å²) in [5.41, 5.74) is 2.42. The van der Waals surface area contributed by atoms with Gasteiger partial charge < -0.3 is 14.8 Å². The van der Waals surface area contributed by atoms with Crippen LogP contribution in [0.5, 0.6) is 5.75 Å². The minimum atomic E-state index is -0.750. The Balaban J connectivity index is 1.82. The molecule has 0 fully saturated rings. The van der Waals surface area contributed by atoms with Crippen molar-refractivity contribution in [2.24, 2.45) is 0 Å². The monoisotopic (exact) mass is 449 g/mol. The van der Waals surface area contributed by atoms with Crippen molar-refractivity contribution in [2.45, 2.75) is 33.6 Å². The number of amides is 1. The van der Waals surface area contributed by atoms with E-state index in [4.69, 9.17) is 9.47 Å². The van der Waals surface area contributed by atoms with Gasteiger partial charge in [0.2, 0.25) is 5.69 Å². The second kappa shape index (κ2) is 10.6. The van der Waals surface area contributed by atoms with E-state index in [1.807, 2.05) is 43.3 Å². The largest absolute Gasteiger partial charge is 0.481 e. The van der Waals surface area contributed by atoms with Crippen LogP contribution in [0.25, 0.3) is 5.69 Å². The summed E-state index contributed by atoms with van der Waals surface area (Å²) in [5, 5.41) is 6.91. The van der Waals surface area contributed by atoms with E-state index in [-0.39, 0.29) is 18.1 Å². The first-order valence-electron chi connectivity index (χ1n) is 10.7. The molecule has 0 bridgehead atoms. The predicted octanol–water partition coefficient (Wildman–Crippen LogP) is 3.86. The number of benzene rings is 2. The Bertz CT molecular complexity index is 1200. The summed E-state index contributed by atoms with van der Waals surface area (Å²) < 4.78 is 11.7. The second-order valence-corrected chi connectivity index (χ2v) is 7.73. The Morgan fingerprint density at radius 2 is 1.79 bits per heavy atom. The number of ether oxygens (including phenoxy) is 2. The molecule has 8 heteroatoms. The summed E-state index contributed by atoms with van der Waals surface area (Å²) in [6, 6.07) is 15.8. The highest BCUT2D eigenvalue weighted by Crippen LogP contribution is 2.19. The number of anilines is 1. The molecular weight excluding hydrogens is 422 g/mol. The molecule has 0 unspecified atom stereocenters. The molecule has 8 nitrogen and oxygen atoms in total. The molecule has 0 atom stereocenters. The van der Waals surface area contributed by atoms with Crippen LogP contribution in [0.15, 0.2) is 59.4 Å². The minimum Gasteiger partial charge on any atom is -0.481 e. The van der Waals surface area contributed by atoms with Crippen molar-refractivity contribution in [3.8, 4) is 11.4 Å². The van der Waals surface area contributed by atoms with Crippen LogP contribution in [0.4, 0.5) is 5.69 Å². The highest BCUT2D eigenvalue weighted by Gasteiger charge is 2.21. The summed E-state index contributed by atoms with van der Waals surface area (Å²) in [6.07, 6.45) is 0. The highest BCUT2D eigenvalue weighted by molar-refractivity contribution is 5.93. The fraction of sp³-hybridized carbons (Fsp3) is 0.280. The SMILES string of the molecule is CCOC(=O)c1nn(-c2ccccc2C)c(=O)cc1OCC(=O)Nc1ccc(C(C)C)cc1. The van der Waals surface area contributed by atoms with Crippen molar-refractivity contribution >= 4 is 17.6 Å². The molecule has 1 amide bonds. The number of rotatable bonds is 8. The molecule has 3 rings (SSSR count). The molecule has 3 aromatic rings. The molecule has 0 spiro atoms. The van der Waals surface area contributed by atoms with E-state index in [0.717, 1.165) is 21.9 Å². The first-order chi connectivity index (χ1) is 15.8. The van der Waals surface area contributed by atoms with E-state index in [9.17, 15) is 14.4 Å². The fourth-order valence-electron chi connectivity index (χ4n) is 3.16. The van der Waals surface area contributed by atoms with Crippen molar-refractivity contribution in [2.75, 3.05) is 18.5 Å². The molecule has 1 aromatic heterocycles. The second-order valence-electron chi connectivity index (χ2n) is 7.73. The lowest BCUT2D eigenvalue weighted by molar-refractivity contribution is -0.118. The van der Waals surface area contributed by atoms with Crippen LogP contribution in [0.1, 0.15) is 48.3 Å². The van der Waals surface area contributed by atoms with Crippen LogP contribution in [0.3, 0.4) is 0 Å². The minimum absolute atomic E-state index is 0.117. The number of aryl methyl sites for hydroxylation is 1. The van der Waals surface area contributed by atoms with Crippen molar-refractivity contribution in [3.05, 3.63) is 81.8 Å². The Kier molecular flexibility index (Phi) is 7.61. The summed E-state index contributed by atoms with van der Waals surface area (Å²) in [6.45, 7) is 7.38. The van der Waals surface area contributed by atoms with E-state index in [1.165, 1.54) is 0 Å². The molecule has 33 heavy (non-hydrogen) atoms. The Morgan fingerprint density at radius 3 is 2.42 bits per heavy atom. The molecular formula is C25H27N3O5. The van der Waals surface area contributed by atoms with Gasteiger partial charge in [-0.05, 0) is 49.1 Å². The quantitative estimate of drug-likeness (QED) is 0.524. The zero-order valence-electron chi connectivity index (χ0n) is 19.1. The van der Waals surface area contributed by atoms with Crippen LogP contribution >= 0.6 is 0 Å². The lowest BCUT2D eigenvalue weighted by Gasteiger charge is -2.14. The number of para-hydroxylation sites is 1. The molecule has 0 aliphatic heterocycles. The summed E-state index contributed by atoms with van der Waals surface area (Å²) in [4.78, 5) is 37.6. The average molecular weight is 450 g/mol. The van der Waals surface area contributed by atoms with Crippen molar-refractivity contribution in [3.63, 3.8) is 0 Å². The molecule has 0 saturated heterocycles. The summed E-state index contributed by atoms with van der Waals surface area (Å²) >= 11 is 0. The highest BCUT2D eigenvalue weighted by atomic mass is 16.5. The van der Waals surface area contributed by atoms with Gasteiger partial charge in [0.15, 0.2) is 12.4 Å². The average Bonchev–Trinajstić information content (AvgIpc) is 2.79. The van der Waals surface area contributed by atoms with Crippen molar-refractivity contribution < 1.29 is 19.1 Å². The Morgan fingerprint density at radius 1 is 1.09 bits per heavy atom. The molecule has 0 radical (unpaired) electrons. The molecule has 1 N–H and O–H groups in total. The molecule has 0 saturated carbocycles. The van der Waals surface area contributed by atoms with Crippen molar-refractivity contribution in [1.82, 2.24) is 9.78 Å². The first-order valence-corrected chi connectivity index (χ1v) is 10.7. The van der Waals surface area contributed by atoms with Gasteiger partial charge in [-0.15, -0.1) is 0 Å². The standard InChI is InChI=1S/C25H27N3O5/c1-5-32-25(31)24-21(14-23(30)28(27-24)20-9-7-6-8-17(20)4)33-15-22(29)26-19-12-10-18(11-13-19)16(2)3/h6-14,16H,5,15H2,1-4H3,(H,26,29). The number of aromatic nitrogens is 2. The van der Waals surface area contributed by atoms with Crippen LogP contribution in [-0.2, 0) is 9.53 Å². The number of carbonyl (C=O) groups is 2. The summed E-state index contributed by atoms with van der Waals surface area (Å²) in [5.74, 6) is -0.924. The molecule has 0 aliphatic rings. The van der Waals surface area contributed by atoms with E-state index in [1.54, 1.807) is 19.1 Å². The maximum atomic E-state index is 12.7. The topological polar surface area (TPSA) is 99.5 Å². The number of nitrogens with one attached hydrogen (secondary N) is 1. The van der Waals surface area contributed by atoms with E-state index >= 15 is 0 Å². The maximum absolute atomic E-state index is 12.7. The van der Waals surface area contributed by atoms with E-state index in [2.05, 4.69) is 24.3 Å². The summed E-state index contributed by atoms with van der Waals surface area (Å²) in [7, 11) is 0. The predicted molar refractivity (Wildman–Crippen MR) is 125 cm³/mol. The third-order valence-electron chi connectivity index (χ3n) is 4.93. The van der Waals surface area contributed by atoms with Gasteiger partial charge in [-0.2, -0.15) is 9.78 Å². The molecule has 2 aromatic carbocycles. The van der Waals surface area contributed by atoms with Gasteiger partial charge in [-0.1, -0.05) is 44.2 Å². The van der Waals surface area contributed by atoms with Gasteiger partial charge in [-0.3, -0.25) is 9.59 Å². The van der Waals surface area contributed by atoms with Crippen LogP contribution in [0.2, 0.25) is 0 Å². The third kappa shape index (κ3) is 5.85. The smallest absolute Gasteiger partial charge is 0.362 e. The van der Waals surface area contributed by atoms with Gasteiger partial charge in [0, 0.05) is 5.69 Å². The lowest BCUT2D eigenvalue weighted by atomic mass is 10.0. The molecule has 0 aliphatic carbocycles. The van der Waals surface area contributed by atoms with Gasteiger partial charge in [0.05, 0.1) is 18.4 Å². The van der Waals surface area contributed by atoms with Crippen LogP contribution in [0, 0.1) is 6.92 Å². The number of hydrogen-bond donors (Lipinski definition) is 1. The van der Waals surface area contributed by atoms with Crippen LogP contribution in [-0.4, -0.2) is 34.9 Å². The number of hydrogen-bond acceptors (Lipinski definition) is 6. The number of carbonyl (C=O) groups excluding carboxylic acids is 2. The first kappa shape index (κ1) is 23.7. The molecule has 172 valence electrons. The Labute approximate surface area is 192 Å². The third-order valence-corrected chi connectivity index (χ3v) is 4.93. The number of nitrogens with zero attached hydrogens (tertiary/aromatic N) is 2. The van der Waals surface area contributed by atoms with E-state index in [0.29, 0.717) is 17.3 Å². The fourth-order valence-corrected chi connectivity index (χ4v) is 3.16. The van der Waals surface area contributed by atoms with Crippen molar-refractivity contribution in [1.29, 1.82) is 0 Å². The Hall–Kier alpha value is -3.94. The van der Waals surface area contributed by atoms with Gasteiger partial charge in [0.1, 0.15) is 0 Å². The number of esters is 1. The van der Waals surface area contributed by atoms with Gasteiger partial charge in [-0.25, -0.2) is 4.79 Å². The zero-order chi connectivity index (χ0) is 24.0. The van der Waals surface area contributed by atoms with Crippen LogP contribution < -0.4 is 15.6 Å². The van der Waals surface area contributed by atoms with Gasteiger partial charge in [0.25, 0.3) is 11.5 Å². The van der Waals surface area contributed by atoms with Gasteiger partial charge >= 0.3 is 5.97 Å². The lowest BCUT2D eigenvalue weighted by Crippen LogP contribution is -2.27. The normalized spacial score (nSPS) is 10.7. The van der Waals surface area contributed by atoms with E-state index < -0.39 is 24.0 Å². The zero-order valence-corrected chi connectivity index (χ0v) is 19.1. The maximum Gasteiger partial charge on any atom is 0.362 e. The molecule has 1 heterocycles.